The van der Waals surface area contributed by atoms with Crippen LogP contribution in [0.1, 0.15) is 77.3 Å². The molecule has 2 N–H and O–H groups in total. The lowest BCUT2D eigenvalue weighted by atomic mass is 9.63. The zero-order chi connectivity index (χ0) is 22.2. The van der Waals surface area contributed by atoms with E-state index in [9.17, 15) is 5.11 Å². The number of piperidine rings is 1. The highest BCUT2D eigenvalue weighted by Crippen LogP contribution is 2.47. The highest BCUT2D eigenvalue weighted by Gasteiger charge is 2.37. The SMILES string of the molecule is CC1(C)CCC(C)(C)c2cc(-c3csc(N4CCC(CC[C@@H](O)CO)CC4)n3)ccc21. The number of aromatic nitrogens is 1. The molecule has 1 aromatic heterocycles. The van der Waals surface area contributed by atoms with Gasteiger partial charge in [-0.15, -0.1) is 11.3 Å². The van der Waals surface area contributed by atoms with E-state index in [1.165, 1.54) is 29.5 Å². The number of thiazole rings is 1. The van der Waals surface area contributed by atoms with E-state index in [0.717, 1.165) is 43.2 Å². The Morgan fingerprint density at radius 3 is 2.45 bits per heavy atom. The summed E-state index contributed by atoms with van der Waals surface area (Å²) in [6, 6.07) is 7.00. The second kappa shape index (κ2) is 8.84. The van der Waals surface area contributed by atoms with Crippen LogP contribution in [0.5, 0.6) is 0 Å². The van der Waals surface area contributed by atoms with Crippen LogP contribution >= 0.6 is 11.3 Å². The zero-order valence-electron chi connectivity index (χ0n) is 19.5. The highest BCUT2D eigenvalue weighted by atomic mass is 32.1. The van der Waals surface area contributed by atoms with Crippen molar-refractivity contribution in [3.63, 3.8) is 0 Å². The van der Waals surface area contributed by atoms with Gasteiger partial charge in [0.05, 0.1) is 18.4 Å². The lowest BCUT2D eigenvalue weighted by Gasteiger charge is -2.42. The summed E-state index contributed by atoms with van der Waals surface area (Å²) in [6.07, 6.45) is 5.87. The maximum Gasteiger partial charge on any atom is 0.185 e. The third-order valence-corrected chi connectivity index (χ3v) is 8.55. The van der Waals surface area contributed by atoms with Crippen molar-refractivity contribution in [1.82, 2.24) is 4.98 Å². The van der Waals surface area contributed by atoms with E-state index in [2.05, 4.69) is 56.2 Å². The zero-order valence-corrected chi connectivity index (χ0v) is 20.3. The molecule has 1 atom stereocenters. The van der Waals surface area contributed by atoms with Crippen LogP contribution in [0.4, 0.5) is 5.13 Å². The van der Waals surface area contributed by atoms with Crippen LogP contribution in [0.2, 0.25) is 0 Å². The Bertz CT molecular complexity index is 897. The molecule has 0 amide bonds. The van der Waals surface area contributed by atoms with Crippen LogP contribution in [0.25, 0.3) is 11.3 Å². The van der Waals surface area contributed by atoms with E-state index < -0.39 is 6.10 Å². The van der Waals surface area contributed by atoms with Gasteiger partial charge in [0.1, 0.15) is 0 Å². The third-order valence-electron chi connectivity index (χ3n) is 7.64. The van der Waals surface area contributed by atoms with Crippen LogP contribution in [0.15, 0.2) is 23.6 Å². The first-order chi connectivity index (χ1) is 14.7. The van der Waals surface area contributed by atoms with E-state index in [4.69, 9.17) is 10.1 Å². The van der Waals surface area contributed by atoms with Gasteiger partial charge in [-0.1, -0.05) is 39.8 Å². The van der Waals surface area contributed by atoms with Crippen molar-refractivity contribution >= 4 is 16.5 Å². The quantitative estimate of drug-likeness (QED) is 0.619. The molecule has 1 aliphatic heterocycles. The van der Waals surface area contributed by atoms with E-state index >= 15 is 0 Å². The maximum atomic E-state index is 9.60. The molecule has 0 spiro atoms. The Balaban J connectivity index is 1.45. The summed E-state index contributed by atoms with van der Waals surface area (Å²) >= 11 is 1.75. The van der Waals surface area contributed by atoms with E-state index in [1.807, 2.05) is 0 Å². The monoisotopic (exact) mass is 442 g/mol. The van der Waals surface area contributed by atoms with Crippen molar-refractivity contribution < 1.29 is 10.2 Å². The average Bonchev–Trinajstić information content (AvgIpc) is 3.26. The Labute approximate surface area is 191 Å². The number of fused-ring (bicyclic) bond motifs is 1. The van der Waals surface area contributed by atoms with E-state index in [-0.39, 0.29) is 17.4 Å². The van der Waals surface area contributed by atoms with Crippen molar-refractivity contribution in [3.05, 3.63) is 34.7 Å². The van der Waals surface area contributed by atoms with Crippen LogP contribution in [0, 0.1) is 5.92 Å². The van der Waals surface area contributed by atoms with Gasteiger partial charge in [-0.3, -0.25) is 0 Å². The fourth-order valence-corrected chi connectivity index (χ4v) is 6.11. The molecular weight excluding hydrogens is 404 g/mol. The molecule has 1 saturated heterocycles. The molecule has 170 valence electrons. The molecule has 0 radical (unpaired) electrons. The fraction of sp³-hybridized carbons (Fsp3) is 0.654. The molecule has 5 heteroatoms. The minimum atomic E-state index is -0.563. The van der Waals surface area contributed by atoms with Crippen molar-refractivity contribution in [1.29, 1.82) is 0 Å². The Hall–Kier alpha value is -1.43. The topological polar surface area (TPSA) is 56.6 Å². The number of rotatable bonds is 6. The van der Waals surface area contributed by atoms with E-state index in [0.29, 0.717) is 12.3 Å². The number of hydrogen-bond donors (Lipinski definition) is 2. The summed E-state index contributed by atoms with van der Waals surface area (Å²) in [7, 11) is 0. The molecule has 1 aromatic carbocycles. The minimum Gasteiger partial charge on any atom is -0.394 e. The highest BCUT2D eigenvalue weighted by molar-refractivity contribution is 7.14. The predicted molar refractivity (Wildman–Crippen MR) is 130 cm³/mol. The molecule has 0 saturated carbocycles. The summed E-state index contributed by atoms with van der Waals surface area (Å²) in [5.74, 6) is 0.642. The molecule has 0 unspecified atom stereocenters. The van der Waals surface area contributed by atoms with Crippen molar-refractivity contribution in [2.75, 3.05) is 24.6 Å². The molecule has 2 heterocycles. The van der Waals surface area contributed by atoms with Crippen molar-refractivity contribution in [3.8, 4) is 11.3 Å². The number of anilines is 1. The molecule has 4 nitrogen and oxygen atoms in total. The standard InChI is InChI=1S/C26H38N2O2S/c1-25(2)11-12-26(3,4)22-15-19(6-8-21(22)25)23-17-31-24(27-23)28-13-9-18(10-14-28)5-7-20(30)16-29/h6,8,15,17-18,20,29-30H,5,7,9-14,16H2,1-4H3/t20-/m1/s1. The van der Waals surface area contributed by atoms with Gasteiger partial charge in [-0.2, -0.15) is 0 Å². The normalized spacial score (nSPS) is 21.7. The number of hydrogen-bond acceptors (Lipinski definition) is 5. The van der Waals surface area contributed by atoms with Crippen LogP contribution in [-0.2, 0) is 10.8 Å². The molecule has 1 aliphatic carbocycles. The first-order valence-corrected chi connectivity index (χ1v) is 12.7. The van der Waals surface area contributed by atoms with Crippen molar-refractivity contribution in [2.45, 2.75) is 83.2 Å². The van der Waals surface area contributed by atoms with Gasteiger partial charge >= 0.3 is 0 Å². The molecule has 4 rings (SSSR count). The van der Waals surface area contributed by atoms with Crippen molar-refractivity contribution in [2.24, 2.45) is 5.92 Å². The second-order valence-corrected chi connectivity index (χ2v) is 11.7. The molecule has 2 aromatic rings. The summed E-state index contributed by atoms with van der Waals surface area (Å²) in [6.45, 7) is 11.4. The lowest BCUT2D eigenvalue weighted by molar-refractivity contribution is 0.0812. The Morgan fingerprint density at radius 2 is 1.77 bits per heavy atom. The predicted octanol–water partition coefficient (Wildman–Crippen LogP) is 5.51. The van der Waals surface area contributed by atoms with Gasteiger partial charge in [0.2, 0.25) is 0 Å². The van der Waals surface area contributed by atoms with Gasteiger partial charge in [0, 0.05) is 24.0 Å². The second-order valence-electron chi connectivity index (χ2n) is 10.9. The van der Waals surface area contributed by atoms with Crippen LogP contribution in [-0.4, -0.2) is 41.0 Å². The Kier molecular flexibility index (Phi) is 6.49. The fourth-order valence-electron chi connectivity index (χ4n) is 5.22. The smallest absolute Gasteiger partial charge is 0.185 e. The number of benzene rings is 1. The molecular formula is C26H38N2O2S. The number of aliphatic hydroxyl groups excluding tert-OH is 2. The average molecular weight is 443 g/mol. The minimum absolute atomic E-state index is 0.127. The summed E-state index contributed by atoms with van der Waals surface area (Å²) < 4.78 is 0. The van der Waals surface area contributed by atoms with Gasteiger partial charge in [0.15, 0.2) is 5.13 Å². The maximum absolute atomic E-state index is 9.60. The lowest BCUT2D eigenvalue weighted by Crippen LogP contribution is -2.34. The molecule has 0 bridgehead atoms. The first kappa shape index (κ1) is 22.8. The number of nitrogens with zero attached hydrogens (tertiary/aromatic N) is 2. The summed E-state index contributed by atoms with van der Waals surface area (Å²) in [4.78, 5) is 7.44. The van der Waals surface area contributed by atoms with Crippen LogP contribution < -0.4 is 4.90 Å². The van der Waals surface area contributed by atoms with E-state index in [1.54, 1.807) is 11.3 Å². The third kappa shape index (κ3) is 4.84. The molecule has 31 heavy (non-hydrogen) atoms. The summed E-state index contributed by atoms with van der Waals surface area (Å²) in [5, 5.41) is 21.9. The molecule has 1 fully saturated rings. The Morgan fingerprint density at radius 1 is 1.10 bits per heavy atom. The van der Waals surface area contributed by atoms with Gasteiger partial charge in [-0.05, 0) is 72.5 Å². The van der Waals surface area contributed by atoms with Gasteiger partial charge in [0.25, 0.3) is 0 Å². The largest absolute Gasteiger partial charge is 0.394 e. The first-order valence-electron chi connectivity index (χ1n) is 11.8. The molecule has 2 aliphatic rings. The van der Waals surface area contributed by atoms with Crippen LogP contribution in [0.3, 0.4) is 0 Å². The summed E-state index contributed by atoms with van der Waals surface area (Å²) in [5.41, 5.74) is 5.77. The number of aliphatic hydroxyl groups is 2. The van der Waals surface area contributed by atoms with Gasteiger partial charge < -0.3 is 15.1 Å². The van der Waals surface area contributed by atoms with Gasteiger partial charge in [-0.25, -0.2) is 4.98 Å².